The summed E-state index contributed by atoms with van der Waals surface area (Å²) in [5.74, 6) is -0.530. The number of hydrogen-bond acceptors (Lipinski definition) is 9. The third-order valence-corrected chi connectivity index (χ3v) is 5.79. The van der Waals surface area contributed by atoms with Gasteiger partial charge in [0.2, 0.25) is 11.5 Å². The molecule has 1 fully saturated rings. The number of carbonyl (C=O) groups is 2. The molecule has 3 heterocycles. The summed E-state index contributed by atoms with van der Waals surface area (Å²) in [5.41, 5.74) is -0.725. The van der Waals surface area contributed by atoms with Gasteiger partial charge in [-0.1, -0.05) is 37.3 Å². The van der Waals surface area contributed by atoms with Crippen molar-refractivity contribution in [2.75, 3.05) is 11.9 Å². The van der Waals surface area contributed by atoms with E-state index in [1.54, 1.807) is 30.3 Å². The third-order valence-electron chi connectivity index (χ3n) is 5.79. The molecule has 4 atom stereocenters. The Morgan fingerprint density at radius 1 is 1.26 bits per heavy atom. The predicted molar refractivity (Wildman–Crippen MR) is 122 cm³/mol. The van der Waals surface area contributed by atoms with E-state index in [1.807, 2.05) is 19.1 Å². The maximum absolute atomic E-state index is 12.2. The van der Waals surface area contributed by atoms with Crippen molar-refractivity contribution >= 4 is 23.2 Å². The molecule has 11 nitrogen and oxygen atoms in total. The second-order valence-corrected chi connectivity index (χ2v) is 8.21. The second kappa shape index (κ2) is 10.2. The number of aliphatic hydroxyl groups is 2. The number of nitrogens with one attached hydrogen (secondary N) is 1. The Labute approximate surface area is 200 Å². The molecular weight excluding hydrogens is 454 g/mol. The molecule has 0 saturated carbocycles. The quantitative estimate of drug-likeness (QED) is 0.402. The van der Waals surface area contributed by atoms with Crippen LogP contribution in [0.25, 0.3) is 5.52 Å². The van der Waals surface area contributed by atoms with E-state index < -0.39 is 29.9 Å². The Bertz CT molecular complexity index is 1260. The molecule has 0 bridgehead atoms. The Morgan fingerprint density at radius 3 is 2.74 bits per heavy atom. The van der Waals surface area contributed by atoms with Gasteiger partial charge in [-0.15, -0.1) is 0 Å². The standard InChI is InChI=1S/C24H25N5O6/c1-2-6-19(30)28-23-16-9-10-18(29(16)27-14-26-23)24(13-25)22(33)21(32)17(35-24)12-34-20(31)11-15-7-4-3-5-8-15/h3-5,7-10,14,17,21-22,32-33H,2,6,11-12H2,1H3,(H,26,27,28,30)/t17?,21-,22-,24+/m1/s1. The van der Waals surface area contributed by atoms with Gasteiger partial charge in [-0.2, -0.15) is 10.4 Å². The maximum atomic E-state index is 12.2. The Kier molecular flexibility index (Phi) is 7.07. The molecule has 35 heavy (non-hydrogen) atoms. The molecule has 1 aliphatic heterocycles. The molecule has 1 aromatic carbocycles. The maximum Gasteiger partial charge on any atom is 0.310 e. The number of esters is 1. The molecule has 0 radical (unpaired) electrons. The number of ether oxygens (including phenoxy) is 2. The number of anilines is 1. The number of rotatable bonds is 8. The van der Waals surface area contributed by atoms with Gasteiger partial charge in [-0.25, -0.2) is 9.50 Å². The Hall–Kier alpha value is -3.85. The molecule has 1 amide bonds. The fourth-order valence-electron chi connectivity index (χ4n) is 4.04. The zero-order chi connectivity index (χ0) is 25.0. The highest BCUT2D eigenvalue weighted by molar-refractivity contribution is 5.93. The number of amides is 1. The number of carbonyl (C=O) groups excluding carboxylic acids is 2. The van der Waals surface area contributed by atoms with Crippen LogP contribution in [0.5, 0.6) is 0 Å². The highest BCUT2D eigenvalue weighted by atomic mass is 16.6. The van der Waals surface area contributed by atoms with Crippen LogP contribution in [0.3, 0.4) is 0 Å². The second-order valence-electron chi connectivity index (χ2n) is 8.21. The first kappa shape index (κ1) is 24.3. The van der Waals surface area contributed by atoms with E-state index >= 15 is 0 Å². The lowest BCUT2D eigenvalue weighted by Crippen LogP contribution is -2.41. The van der Waals surface area contributed by atoms with Crippen molar-refractivity contribution in [2.45, 2.75) is 50.1 Å². The van der Waals surface area contributed by atoms with Gasteiger partial charge in [0.05, 0.1) is 12.1 Å². The minimum atomic E-state index is -2.00. The predicted octanol–water partition coefficient (Wildman–Crippen LogP) is 1.09. The van der Waals surface area contributed by atoms with Crippen LogP contribution in [0.15, 0.2) is 48.8 Å². The third kappa shape index (κ3) is 4.72. The van der Waals surface area contributed by atoms with Crippen LogP contribution in [-0.2, 0) is 31.1 Å². The topological polar surface area (TPSA) is 159 Å². The minimum Gasteiger partial charge on any atom is -0.463 e. The number of hydrogen-bond donors (Lipinski definition) is 3. The summed E-state index contributed by atoms with van der Waals surface area (Å²) in [6.07, 6.45) is -2.12. The van der Waals surface area contributed by atoms with Crippen LogP contribution in [-0.4, -0.2) is 61.6 Å². The molecule has 182 valence electrons. The van der Waals surface area contributed by atoms with Gasteiger partial charge in [0.1, 0.15) is 42.8 Å². The van der Waals surface area contributed by atoms with Gasteiger partial charge in [-0.3, -0.25) is 9.59 Å². The summed E-state index contributed by atoms with van der Waals surface area (Å²) in [5, 5.41) is 38.3. The Morgan fingerprint density at radius 2 is 2.03 bits per heavy atom. The molecule has 1 aliphatic rings. The lowest BCUT2D eigenvalue weighted by molar-refractivity contribution is -0.149. The van der Waals surface area contributed by atoms with E-state index in [1.165, 1.54) is 16.9 Å². The van der Waals surface area contributed by atoms with Gasteiger partial charge in [0, 0.05) is 6.42 Å². The van der Waals surface area contributed by atoms with Crippen LogP contribution < -0.4 is 5.32 Å². The summed E-state index contributed by atoms with van der Waals surface area (Å²) < 4.78 is 12.4. The van der Waals surface area contributed by atoms with E-state index in [9.17, 15) is 25.1 Å². The lowest BCUT2D eigenvalue weighted by atomic mass is 9.92. The number of nitrogens with zero attached hydrogens (tertiary/aromatic N) is 4. The van der Waals surface area contributed by atoms with Gasteiger partial charge in [-0.05, 0) is 24.1 Å². The zero-order valence-corrected chi connectivity index (χ0v) is 19.0. The fourth-order valence-corrected chi connectivity index (χ4v) is 4.04. The highest BCUT2D eigenvalue weighted by Gasteiger charge is 2.57. The lowest BCUT2D eigenvalue weighted by Gasteiger charge is -2.24. The van der Waals surface area contributed by atoms with Gasteiger partial charge in [0.15, 0.2) is 5.82 Å². The monoisotopic (exact) mass is 479 g/mol. The molecule has 4 rings (SSSR count). The smallest absolute Gasteiger partial charge is 0.310 e. The summed E-state index contributed by atoms with van der Waals surface area (Å²) in [6, 6.07) is 14.0. The van der Waals surface area contributed by atoms with Crippen LogP contribution in [0.2, 0.25) is 0 Å². The number of aliphatic hydroxyl groups excluding tert-OH is 2. The number of benzene rings is 1. The van der Waals surface area contributed by atoms with Crippen LogP contribution >= 0.6 is 0 Å². The van der Waals surface area contributed by atoms with Crippen molar-refractivity contribution in [1.29, 1.82) is 5.26 Å². The molecule has 0 aliphatic carbocycles. The largest absolute Gasteiger partial charge is 0.463 e. The molecule has 2 aromatic heterocycles. The van der Waals surface area contributed by atoms with Crippen LogP contribution in [0, 0.1) is 11.3 Å². The highest BCUT2D eigenvalue weighted by Crippen LogP contribution is 2.40. The van der Waals surface area contributed by atoms with Crippen molar-refractivity contribution in [3.63, 3.8) is 0 Å². The first-order chi connectivity index (χ1) is 16.9. The van der Waals surface area contributed by atoms with E-state index in [4.69, 9.17) is 9.47 Å². The molecule has 3 aromatic rings. The van der Waals surface area contributed by atoms with Crippen LogP contribution in [0.4, 0.5) is 5.82 Å². The van der Waals surface area contributed by atoms with Crippen molar-refractivity contribution in [3.8, 4) is 6.07 Å². The van der Waals surface area contributed by atoms with E-state index in [0.29, 0.717) is 18.4 Å². The minimum absolute atomic E-state index is 0.0301. The average Bonchev–Trinajstić information content (AvgIpc) is 3.39. The SMILES string of the molecule is CCCC(=O)Nc1ncnn2c([C@]3(C#N)OC(COC(=O)Cc4ccccc4)[C@@H](O)[C@H]3O)ccc12. The van der Waals surface area contributed by atoms with E-state index in [2.05, 4.69) is 15.4 Å². The molecule has 1 unspecified atom stereocenters. The average molecular weight is 479 g/mol. The summed E-state index contributed by atoms with van der Waals surface area (Å²) in [4.78, 5) is 28.4. The van der Waals surface area contributed by atoms with E-state index in [0.717, 1.165) is 5.56 Å². The van der Waals surface area contributed by atoms with Crippen molar-refractivity contribution in [3.05, 3.63) is 60.0 Å². The zero-order valence-electron chi connectivity index (χ0n) is 19.0. The van der Waals surface area contributed by atoms with E-state index in [-0.39, 0.29) is 30.4 Å². The summed E-state index contributed by atoms with van der Waals surface area (Å²) >= 11 is 0. The number of aromatic nitrogens is 3. The van der Waals surface area contributed by atoms with Gasteiger partial charge >= 0.3 is 5.97 Å². The molecular formula is C24H25N5O6. The van der Waals surface area contributed by atoms with Crippen molar-refractivity contribution in [1.82, 2.24) is 14.6 Å². The summed E-state index contributed by atoms with van der Waals surface area (Å²) in [6.45, 7) is 1.52. The van der Waals surface area contributed by atoms with Crippen molar-refractivity contribution < 1.29 is 29.3 Å². The Balaban J connectivity index is 1.54. The number of fused-ring (bicyclic) bond motifs is 1. The molecule has 11 heteroatoms. The molecule has 0 spiro atoms. The van der Waals surface area contributed by atoms with Crippen LogP contribution in [0.1, 0.15) is 31.0 Å². The molecule has 3 N–H and O–H groups in total. The first-order valence-electron chi connectivity index (χ1n) is 11.2. The van der Waals surface area contributed by atoms with Gasteiger partial charge < -0.3 is 25.0 Å². The fraction of sp³-hybridized carbons (Fsp3) is 0.375. The molecule has 1 saturated heterocycles. The first-order valence-corrected chi connectivity index (χ1v) is 11.2. The van der Waals surface area contributed by atoms with Crippen molar-refractivity contribution in [2.24, 2.45) is 0 Å². The van der Waals surface area contributed by atoms with Gasteiger partial charge in [0.25, 0.3) is 0 Å². The normalized spacial score (nSPS) is 23.7. The summed E-state index contributed by atoms with van der Waals surface area (Å²) in [7, 11) is 0. The number of nitriles is 1.